The van der Waals surface area contributed by atoms with Gasteiger partial charge in [-0.15, -0.1) is 0 Å². The van der Waals surface area contributed by atoms with E-state index in [4.69, 9.17) is 0 Å². The zero-order valence-corrected chi connectivity index (χ0v) is 11.5. The van der Waals surface area contributed by atoms with Gasteiger partial charge in [0.25, 0.3) is 5.91 Å². The van der Waals surface area contributed by atoms with Crippen molar-refractivity contribution in [2.75, 3.05) is 11.5 Å². The normalized spacial score (nSPS) is 12.1. The van der Waals surface area contributed by atoms with Crippen LogP contribution in [-0.4, -0.2) is 33.7 Å². The van der Waals surface area contributed by atoms with Gasteiger partial charge in [0.1, 0.15) is 11.5 Å². The number of nitrogens with one attached hydrogen (secondary N) is 1. The van der Waals surface area contributed by atoms with Crippen LogP contribution in [0.15, 0.2) is 18.2 Å². The number of aromatic hydroxyl groups is 2. The first-order chi connectivity index (χ1) is 8.52. The Kier molecular flexibility index (Phi) is 5.85. The van der Waals surface area contributed by atoms with Crippen molar-refractivity contribution < 1.29 is 15.0 Å². The second kappa shape index (κ2) is 7.16. The van der Waals surface area contributed by atoms with Crippen molar-refractivity contribution in [3.63, 3.8) is 0 Å². The zero-order valence-electron chi connectivity index (χ0n) is 10.6. The molecule has 0 saturated carbocycles. The summed E-state index contributed by atoms with van der Waals surface area (Å²) in [7, 11) is 0. The average molecular weight is 269 g/mol. The van der Waals surface area contributed by atoms with Crippen molar-refractivity contribution in [2.24, 2.45) is 0 Å². The molecule has 5 heteroatoms. The van der Waals surface area contributed by atoms with E-state index >= 15 is 0 Å². The van der Waals surface area contributed by atoms with Crippen molar-refractivity contribution in [1.82, 2.24) is 5.32 Å². The molecule has 0 aliphatic heterocycles. The highest BCUT2D eigenvalue weighted by Gasteiger charge is 2.11. The minimum absolute atomic E-state index is 0.0704. The fourth-order valence-corrected chi connectivity index (χ4v) is 2.32. The third-order valence-electron chi connectivity index (χ3n) is 2.44. The first-order valence-electron chi connectivity index (χ1n) is 5.94. The molecule has 4 nitrogen and oxygen atoms in total. The molecule has 1 amide bonds. The molecule has 0 fully saturated rings. The molecule has 1 rings (SSSR count). The molecule has 0 spiro atoms. The Hall–Kier alpha value is -1.36. The average Bonchev–Trinajstić information content (AvgIpc) is 2.28. The Balaban J connectivity index is 2.54. The van der Waals surface area contributed by atoms with E-state index in [1.165, 1.54) is 18.2 Å². The van der Waals surface area contributed by atoms with E-state index in [1.807, 2.05) is 18.7 Å². The summed E-state index contributed by atoms with van der Waals surface area (Å²) in [5.41, 5.74) is 0.266. The van der Waals surface area contributed by atoms with Gasteiger partial charge in [0.05, 0.1) is 0 Å². The number of amides is 1. The number of hydrogen-bond acceptors (Lipinski definition) is 4. The highest BCUT2D eigenvalue weighted by Crippen LogP contribution is 2.20. The maximum absolute atomic E-state index is 11.9. The van der Waals surface area contributed by atoms with Crippen LogP contribution in [-0.2, 0) is 0 Å². The van der Waals surface area contributed by atoms with Gasteiger partial charge in [-0.05, 0) is 37.0 Å². The van der Waals surface area contributed by atoms with Crippen LogP contribution in [0.5, 0.6) is 11.5 Å². The van der Waals surface area contributed by atoms with Gasteiger partial charge in [-0.3, -0.25) is 4.79 Å². The van der Waals surface area contributed by atoms with Gasteiger partial charge in [0.15, 0.2) is 0 Å². The molecule has 0 aliphatic rings. The second-order valence-electron chi connectivity index (χ2n) is 4.10. The molecule has 0 heterocycles. The molecule has 0 bridgehead atoms. The molecule has 0 saturated heterocycles. The Morgan fingerprint density at radius 2 is 1.94 bits per heavy atom. The predicted octanol–water partition coefficient (Wildman–Crippen LogP) is 2.36. The van der Waals surface area contributed by atoms with Gasteiger partial charge in [0, 0.05) is 17.7 Å². The Morgan fingerprint density at radius 3 is 2.50 bits per heavy atom. The zero-order chi connectivity index (χ0) is 13.5. The summed E-state index contributed by atoms with van der Waals surface area (Å²) in [6.45, 7) is 4.04. The molecule has 1 atom stereocenters. The molecular weight excluding hydrogens is 250 g/mol. The lowest BCUT2D eigenvalue weighted by atomic mass is 10.1. The largest absolute Gasteiger partial charge is 0.508 e. The first-order valence-corrected chi connectivity index (χ1v) is 7.10. The highest BCUT2D eigenvalue weighted by atomic mass is 32.2. The monoisotopic (exact) mass is 269 g/mol. The fraction of sp³-hybridized carbons (Fsp3) is 0.462. The van der Waals surface area contributed by atoms with E-state index in [1.54, 1.807) is 0 Å². The van der Waals surface area contributed by atoms with Crippen molar-refractivity contribution in [3.05, 3.63) is 23.8 Å². The van der Waals surface area contributed by atoms with Crippen LogP contribution < -0.4 is 5.32 Å². The lowest BCUT2D eigenvalue weighted by Gasteiger charge is -2.13. The smallest absolute Gasteiger partial charge is 0.251 e. The second-order valence-corrected chi connectivity index (χ2v) is 5.49. The standard InChI is InChI=1S/C13H19NO3S/c1-3-18-5-4-9(2)14-13(17)10-6-11(15)8-12(16)7-10/h6-9,15-16H,3-5H2,1-2H3,(H,14,17). The van der Waals surface area contributed by atoms with Gasteiger partial charge in [-0.1, -0.05) is 6.92 Å². The summed E-state index contributed by atoms with van der Waals surface area (Å²) in [6.07, 6.45) is 0.898. The van der Waals surface area contributed by atoms with Crippen LogP contribution in [0.2, 0.25) is 0 Å². The Labute approximate surface area is 111 Å². The minimum atomic E-state index is -0.282. The van der Waals surface area contributed by atoms with Gasteiger partial charge >= 0.3 is 0 Å². The lowest BCUT2D eigenvalue weighted by Crippen LogP contribution is -2.32. The summed E-state index contributed by atoms with van der Waals surface area (Å²) in [4.78, 5) is 11.9. The summed E-state index contributed by atoms with van der Waals surface area (Å²) < 4.78 is 0. The van der Waals surface area contributed by atoms with E-state index in [0.29, 0.717) is 0 Å². The summed E-state index contributed by atoms with van der Waals surface area (Å²) in [5, 5.41) is 21.4. The van der Waals surface area contributed by atoms with Crippen molar-refractivity contribution >= 4 is 17.7 Å². The Morgan fingerprint density at radius 1 is 1.33 bits per heavy atom. The van der Waals surface area contributed by atoms with Gasteiger partial charge < -0.3 is 15.5 Å². The van der Waals surface area contributed by atoms with Crippen LogP contribution in [0.25, 0.3) is 0 Å². The van der Waals surface area contributed by atoms with Crippen LogP contribution >= 0.6 is 11.8 Å². The minimum Gasteiger partial charge on any atom is -0.508 e. The third kappa shape index (κ3) is 4.87. The summed E-state index contributed by atoms with van der Waals surface area (Å²) in [6, 6.07) is 3.93. The summed E-state index contributed by atoms with van der Waals surface area (Å²) in [5.74, 6) is 1.56. The molecule has 100 valence electrons. The van der Waals surface area contributed by atoms with E-state index in [2.05, 4.69) is 12.2 Å². The van der Waals surface area contributed by atoms with Gasteiger partial charge in [-0.25, -0.2) is 0 Å². The number of carbonyl (C=O) groups is 1. The van der Waals surface area contributed by atoms with Crippen LogP contribution in [0.1, 0.15) is 30.6 Å². The number of carbonyl (C=O) groups excluding carboxylic acids is 1. The topological polar surface area (TPSA) is 69.6 Å². The van der Waals surface area contributed by atoms with E-state index < -0.39 is 0 Å². The maximum Gasteiger partial charge on any atom is 0.251 e. The number of benzene rings is 1. The highest BCUT2D eigenvalue weighted by molar-refractivity contribution is 7.99. The molecule has 1 aromatic rings. The fourth-order valence-electron chi connectivity index (χ4n) is 1.51. The number of thioether (sulfide) groups is 1. The molecule has 18 heavy (non-hydrogen) atoms. The quantitative estimate of drug-likeness (QED) is 0.693. The third-order valence-corrected chi connectivity index (χ3v) is 3.37. The van der Waals surface area contributed by atoms with Gasteiger partial charge in [0.2, 0.25) is 0 Å². The molecule has 3 N–H and O–H groups in total. The van der Waals surface area contributed by atoms with E-state index in [-0.39, 0.29) is 29.0 Å². The molecule has 0 aliphatic carbocycles. The van der Waals surface area contributed by atoms with Crippen LogP contribution in [0, 0.1) is 0 Å². The molecule has 0 aromatic heterocycles. The van der Waals surface area contributed by atoms with Crippen molar-refractivity contribution in [2.45, 2.75) is 26.3 Å². The molecule has 1 unspecified atom stereocenters. The molecule has 1 aromatic carbocycles. The Bertz CT molecular complexity index is 389. The lowest BCUT2D eigenvalue weighted by molar-refractivity contribution is 0.0938. The number of phenolic OH excluding ortho intramolecular Hbond substituents is 2. The molecule has 0 radical (unpaired) electrons. The summed E-state index contributed by atoms with van der Waals surface area (Å²) >= 11 is 1.83. The van der Waals surface area contributed by atoms with E-state index in [9.17, 15) is 15.0 Å². The number of hydrogen-bond donors (Lipinski definition) is 3. The van der Waals surface area contributed by atoms with Crippen LogP contribution in [0.4, 0.5) is 0 Å². The SMILES string of the molecule is CCSCCC(C)NC(=O)c1cc(O)cc(O)c1. The first kappa shape index (κ1) is 14.7. The number of rotatable bonds is 6. The molecular formula is C13H19NO3S. The van der Waals surface area contributed by atoms with Crippen molar-refractivity contribution in [3.8, 4) is 11.5 Å². The number of phenols is 2. The van der Waals surface area contributed by atoms with Gasteiger partial charge in [-0.2, -0.15) is 11.8 Å². The predicted molar refractivity (Wildman–Crippen MR) is 74.3 cm³/mol. The van der Waals surface area contributed by atoms with Crippen LogP contribution in [0.3, 0.4) is 0 Å². The van der Waals surface area contributed by atoms with Crippen molar-refractivity contribution in [1.29, 1.82) is 0 Å². The maximum atomic E-state index is 11.9. The van der Waals surface area contributed by atoms with E-state index in [0.717, 1.165) is 17.9 Å².